The Labute approximate surface area is 255 Å². The summed E-state index contributed by atoms with van der Waals surface area (Å²) in [5.41, 5.74) is 0.627. The van der Waals surface area contributed by atoms with Gasteiger partial charge in [-0.15, -0.1) is 23.1 Å². The van der Waals surface area contributed by atoms with E-state index in [0.717, 1.165) is 71.9 Å². The van der Waals surface area contributed by atoms with Crippen molar-refractivity contribution in [2.75, 3.05) is 48.8 Å². The quantitative estimate of drug-likeness (QED) is 0.223. The Morgan fingerprint density at radius 3 is 2.77 bits per heavy atom. The Hall–Kier alpha value is -2.94. The smallest absolute Gasteiger partial charge is 0.377 e. The Balaban J connectivity index is 1.13. The maximum absolute atomic E-state index is 14.1. The monoisotopic (exact) mass is 631 g/mol. The fourth-order valence-electron chi connectivity index (χ4n) is 5.92. The molecule has 2 unspecified atom stereocenters. The highest BCUT2D eigenvalue weighted by molar-refractivity contribution is 7.99. The van der Waals surface area contributed by atoms with Crippen molar-refractivity contribution in [2.24, 2.45) is 0 Å². The molecule has 0 spiro atoms. The molecule has 2 N–H and O–H groups in total. The van der Waals surface area contributed by atoms with E-state index < -0.39 is 11.7 Å². The highest BCUT2D eigenvalue weighted by Gasteiger charge is 2.39. The van der Waals surface area contributed by atoms with Gasteiger partial charge in [0.2, 0.25) is 12.4 Å². The molecule has 1 saturated carbocycles. The van der Waals surface area contributed by atoms with Crippen LogP contribution >= 0.6 is 23.1 Å². The number of nitrogens with zero attached hydrogens (tertiary/aromatic N) is 5. The van der Waals surface area contributed by atoms with Gasteiger partial charge >= 0.3 is 6.18 Å². The zero-order valence-corrected chi connectivity index (χ0v) is 25.2. The number of rotatable bonds is 11. The average Bonchev–Trinajstić information content (AvgIpc) is 3.40. The Bertz CT molecular complexity index is 1510. The van der Waals surface area contributed by atoms with E-state index in [2.05, 4.69) is 25.5 Å². The number of amides is 1. The molecule has 3 saturated heterocycles. The second kappa shape index (κ2) is 11.5. The summed E-state index contributed by atoms with van der Waals surface area (Å²) in [5.74, 6) is 2.00. The first-order valence-electron chi connectivity index (χ1n) is 14.5. The molecule has 0 radical (unpaired) electrons. The van der Waals surface area contributed by atoms with Crippen LogP contribution in [0, 0.1) is 6.92 Å². The van der Waals surface area contributed by atoms with Crippen LogP contribution in [0.5, 0.6) is 0 Å². The molecule has 6 heterocycles. The van der Waals surface area contributed by atoms with Gasteiger partial charge in [0.25, 0.3) is 0 Å². The van der Waals surface area contributed by atoms with Gasteiger partial charge in [-0.05, 0) is 44.4 Å². The van der Waals surface area contributed by atoms with Crippen molar-refractivity contribution < 1.29 is 22.7 Å². The van der Waals surface area contributed by atoms with E-state index in [9.17, 15) is 18.0 Å². The molecule has 0 aromatic carbocycles. The van der Waals surface area contributed by atoms with Crippen molar-refractivity contribution in [3.8, 4) is 10.6 Å². The zero-order chi connectivity index (χ0) is 29.7. The minimum Gasteiger partial charge on any atom is -0.377 e. The molecule has 7 rings (SSSR count). The summed E-state index contributed by atoms with van der Waals surface area (Å²) in [7, 11) is 0. The molecule has 9 nitrogen and oxygen atoms in total. The van der Waals surface area contributed by atoms with Crippen LogP contribution in [-0.2, 0) is 15.7 Å². The molecule has 1 amide bonds. The predicted molar refractivity (Wildman–Crippen MR) is 160 cm³/mol. The third-order valence-electron chi connectivity index (χ3n) is 8.50. The molecule has 3 aliphatic heterocycles. The van der Waals surface area contributed by atoms with Crippen LogP contribution in [0.25, 0.3) is 10.6 Å². The topological polar surface area (TPSA) is 95.5 Å². The molecule has 3 aromatic rings. The van der Waals surface area contributed by atoms with E-state index in [1.54, 1.807) is 11.0 Å². The number of thiophene rings is 1. The maximum atomic E-state index is 14.1. The molecular formula is C29H32F3N7O2S2. The molecule has 3 aromatic heterocycles. The van der Waals surface area contributed by atoms with Gasteiger partial charge in [-0.25, -0.2) is 15.0 Å². The number of fused-ring (bicyclic) bond motifs is 2. The third kappa shape index (κ3) is 5.94. The summed E-state index contributed by atoms with van der Waals surface area (Å²) in [6.07, 6.45) is 0.272. The van der Waals surface area contributed by atoms with Crippen LogP contribution < -0.4 is 15.5 Å². The number of aromatic nitrogens is 3. The van der Waals surface area contributed by atoms with Gasteiger partial charge in [0.1, 0.15) is 11.4 Å². The summed E-state index contributed by atoms with van der Waals surface area (Å²) in [4.78, 5) is 31.2. The molecule has 4 aliphatic rings. The van der Waals surface area contributed by atoms with E-state index in [-0.39, 0.29) is 17.7 Å². The van der Waals surface area contributed by atoms with Crippen LogP contribution in [0.15, 0.2) is 29.3 Å². The highest BCUT2D eigenvalue weighted by atomic mass is 32.2. The SMILES string of the molecule is Cc1sc(-c2nc(Nc3ccc(N4CC5CC4CN5)nc3C3CC3)ncc2C(F)(F)F)cc1SCCN(C=O)C1COC1. The molecule has 4 fully saturated rings. The lowest BCUT2D eigenvalue weighted by atomic mass is 10.2. The number of pyridine rings is 1. The number of anilines is 3. The second-order valence-electron chi connectivity index (χ2n) is 11.5. The van der Waals surface area contributed by atoms with Gasteiger partial charge in [-0.2, -0.15) is 13.2 Å². The molecular weight excluding hydrogens is 599 g/mol. The first kappa shape index (κ1) is 28.8. The molecule has 2 bridgehead atoms. The van der Waals surface area contributed by atoms with E-state index in [0.29, 0.717) is 48.4 Å². The van der Waals surface area contributed by atoms with Crippen molar-refractivity contribution in [2.45, 2.75) is 61.3 Å². The van der Waals surface area contributed by atoms with E-state index >= 15 is 0 Å². The van der Waals surface area contributed by atoms with Crippen molar-refractivity contribution in [1.82, 2.24) is 25.2 Å². The third-order valence-corrected chi connectivity index (χ3v) is 10.8. The van der Waals surface area contributed by atoms with Gasteiger partial charge in [0.05, 0.1) is 41.2 Å². The number of aryl methyl sites for hydroxylation is 1. The lowest BCUT2D eigenvalue weighted by Crippen LogP contribution is -2.49. The van der Waals surface area contributed by atoms with Gasteiger partial charge in [-0.3, -0.25) is 4.79 Å². The van der Waals surface area contributed by atoms with Crippen molar-refractivity contribution in [1.29, 1.82) is 0 Å². The average molecular weight is 632 g/mol. The maximum Gasteiger partial charge on any atom is 0.420 e. The fraction of sp³-hybridized carbons (Fsp3) is 0.517. The number of alkyl halides is 3. The fourth-order valence-corrected chi connectivity index (χ4v) is 8.14. The van der Waals surface area contributed by atoms with Crippen molar-refractivity contribution in [3.05, 3.63) is 40.5 Å². The lowest BCUT2D eigenvalue weighted by molar-refractivity contribution is -0.137. The Kier molecular flexibility index (Phi) is 7.72. The number of halogens is 3. The summed E-state index contributed by atoms with van der Waals surface area (Å²) in [6.45, 7) is 5.39. The normalized spacial score (nSPS) is 21.7. The number of ether oxygens (including phenoxy) is 1. The number of piperazine rings is 1. The minimum atomic E-state index is -4.61. The van der Waals surface area contributed by atoms with Gasteiger partial charge in [-0.1, -0.05) is 0 Å². The Morgan fingerprint density at radius 2 is 2.12 bits per heavy atom. The van der Waals surface area contributed by atoms with E-state index in [4.69, 9.17) is 9.72 Å². The number of hydrogen-bond acceptors (Lipinski definition) is 10. The molecule has 1 aliphatic carbocycles. The number of thioether (sulfide) groups is 1. The summed E-state index contributed by atoms with van der Waals surface area (Å²) < 4.78 is 47.5. The van der Waals surface area contributed by atoms with Crippen LogP contribution in [0.3, 0.4) is 0 Å². The van der Waals surface area contributed by atoms with Crippen LogP contribution in [0.4, 0.5) is 30.6 Å². The summed E-state index contributed by atoms with van der Waals surface area (Å²) in [5, 5.41) is 6.71. The van der Waals surface area contributed by atoms with Crippen LogP contribution in [0.1, 0.15) is 41.3 Å². The van der Waals surface area contributed by atoms with Crippen molar-refractivity contribution in [3.63, 3.8) is 0 Å². The Morgan fingerprint density at radius 1 is 1.28 bits per heavy atom. The van der Waals surface area contributed by atoms with Crippen LogP contribution in [-0.4, -0.2) is 83.0 Å². The van der Waals surface area contributed by atoms with Crippen molar-refractivity contribution >= 4 is 47.0 Å². The molecule has 14 heteroatoms. The van der Waals surface area contributed by atoms with Gasteiger partial charge in [0.15, 0.2) is 0 Å². The highest BCUT2D eigenvalue weighted by Crippen LogP contribution is 2.45. The van der Waals surface area contributed by atoms with Crippen LogP contribution in [0.2, 0.25) is 0 Å². The molecule has 228 valence electrons. The first-order chi connectivity index (χ1) is 20.8. The minimum absolute atomic E-state index is 0.0953. The van der Waals surface area contributed by atoms with E-state index in [1.165, 1.54) is 23.1 Å². The zero-order valence-electron chi connectivity index (χ0n) is 23.6. The second-order valence-corrected chi connectivity index (χ2v) is 13.9. The molecule has 2 atom stereocenters. The van der Waals surface area contributed by atoms with Gasteiger partial charge < -0.3 is 25.2 Å². The number of carbonyl (C=O) groups is 1. The largest absolute Gasteiger partial charge is 0.420 e. The number of nitrogens with one attached hydrogen (secondary N) is 2. The summed E-state index contributed by atoms with van der Waals surface area (Å²) >= 11 is 2.79. The number of hydrogen-bond donors (Lipinski definition) is 2. The summed E-state index contributed by atoms with van der Waals surface area (Å²) in [6, 6.07) is 6.74. The van der Waals surface area contributed by atoms with E-state index in [1.807, 2.05) is 19.1 Å². The standard InChI is InChI=1S/C29H32F3N7O2S2/c1-16-23(42-7-6-38(15-40)20-13-41-14-20)9-24(43-16)27-21(29(30,31)32)11-34-28(37-27)35-22-4-5-25(36-26(22)17-2-3-17)39-12-18-8-19(39)10-33-18/h4-5,9,11,15,17-20,33H,2-3,6-8,10,12-14H2,1H3,(H,34,35,37). The molecule has 43 heavy (non-hydrogen) atoms. The first-order valence-corrected chi connectivity index (χ1v) is 16.3. The van der Waals surface area contributed by atoms with Gasteiger partial charge in [0, 0.05) is 59.4 Å². The number of carbonyl (C=O) groups excluding carboxylic acids is 1. The lowest BCUT2D eigenvalue weighted by Gasteiger charge is -2.34. The predicted octanol–water partition coefficient (Wildman–Crippen LogP) is 5.05.